The zero-order valence-electron chi connectivity index (χ0n) is 10.9. The van der Waals surface area contributed by atoms with E-state index in [2.05, 4.69) is 42.0 Å². The molecule has 17 heavy (non-hydrogen) atoms. The molecule has 1 saturated heterocycles. The fourth-order valence-corrected chi connectivity index (χ4v) is 3.53. The van der Waals surface area contributed by atoms with Crippen LogP contribution in [-0.4, -0.2) is 27.8 Å². The Hall–Kier alpha value is -0.350. The monoisotopic (exact) mass is 273 g/mol. The molecule has 2 unspecified atom stereocenters. The van der Waals surface area contributed by atoms with E-state index in [1.165, 1.54) is 18.0 Å². The molecule has 1 aliphatic heterocycles. The van der Waals surface area contributed by atoms with Crippen LogP contribution >= 0.6 is 23.1 Å². The lowest BCUT2D eigenvalue weighted by Gasteiger charge is -2.24. The van der Waals surface area contributed by atoms with Gasteiger partial charge < -0.3 is 4.90 Å². The molecule has 0 N–H and O–H groups in total. The van der Waals surface area contributed by atoms with Crippen molar-refractivity contribution in [1.82, 2.24) is 9.36 Å². The summed E-state index contributed by atoms with van der Waals surface area (Å²) in [5.74, 6) is 2.26. The Morgan fingerprint density at radius 3 is 2.71 bits per heavy atom. The van der Waals surface area contributed by atoms with Crippen molar-refractivity contribution in [1.29, 1.82) is 0 Å². The summed E-state index contributed by atoms with van der Waals surface area (Å²) in [7, 11) is 0. The van der Waals surface area contributed by atoms with Gasteiger partial charge in [-0.1, -0.05) is 27.7 Å². The Morgan fingerprint density at radius 1 is 1.47 bits per heavy atom. The van der Waals surface area contributed by atoms with E-state index in [1.807, 2.05) is 0 Å². The first-order valence-corrected chi connectivity index (χ1v) is 7.41. The highest BCUT2D eigenvalue weighted by molar-refractivity contribution is 7.09. The van der Waals surface area contributed by atoms with Crippen LogP contribution in [0.5, 0.6) is 0 Å². The van der Waals surface area contributed by atoms with Crippen LogP contribution in [0.1, 0.15) is 39.9 Å². The number of alkyl halides is 1. The number of rotatable bonds is 2. The van der Waals surface area contributed by atoms with Gasteiger partial charge in [0.15, 0.2) is 0 Å². The van der Waals surface area contributed by atoms with Gasteiger partial charge in [-0.05, 0) is 12.3 Å². The maximum absolute atomic E-state index is 6.06. The molecule has 1 fully saturated rings. The zero-order valence-corrected chi connectivity index (χ0v) is 12.5. The minimum Gasteiger partial charge on any atom is -0.342 e. The first-order valence-electron chi connectivity index (χ1n) is 6.10. The van der Waals surface area contributed by atoms with Gasteiger partial charge in [-0.25, -0.2) is 4.98 Å². The zero-order chi connectivity index (χ0) is 12.6. The summed E-state index contributed by atoms with van der Waals surface area (Å²) in [4.78, 5) is 6.99. The van der Waals surface area contributed by atoms with Crippen molar-refractivity contribution in [3.8, 4) is 0 Å². The first-order chi connectivity index (χ1) is 7.93. The highest BCUT2D eigenvalue weighted by Gasteiger charge is 2.33. The largest absolute Gasteiger partial charge is 0.342 e. The molecule has 1 aliphatic rings. The Bertz CT molecular complexity index is 385. The van der Waals surface area contributed by atoms with Crippen molar-refractivity contribution in [2.24, 2.45) is 5.92 Å². The molecule has 2 rings (SSSR count). The second-order valence-electron chi connectivity index (χ2n) is 5.83. The number of aromatic nitrogens is 2. The summed E-state index contributed by atoms with van der Waals surface area (Å²) in [6, 6.07) is 0.414. The third-order valence-electron chi connectivity index (χ3n) is 3.37. The quantitative estimate of drug-likeness (QED) is 0.775. The molecule has 0 spiro atoms. The lowest BCUT2D eigenvalue weighted by atomic mass is 9.96. The number of anilines is 1. The van der Waals surface area contributed by atoms with E-state index in [-0.39, 0.29) is 5.41 Å². The lowest BCUT2D eigenvalue weighted by Crippen LogP contribution is -2.33. The van der Waals surface area contributed by atoms with Crippen molar-refractivity contribution < 1.29 is 0 Å². The Morgan fingerprint density at radius 2 is 2.18 bits per heavy atom. The number of hydrogen-bond acceptors (Lipinski definition) is 4. The predicted molar refractivity (Wildman–Crippen MR) is 74.2 cm³/mol. The molecule has 3 nitrogen and oxygen atoms in total. The van der Waals surface area contributed by atoms with Gasteiger partial charge in [0.2, 0.25) is 5.13 Å². The molecule has 0 amide bonds. The number of hydrogen-bond donors (Lipinski definition) is 0. The molecule has 5 heteroatoms. The summed E-state index contributed by atoms with van der Waals surface area (Å²) in [5, 5.41) is 1.03. The van der Waals surface area contributed by atoms with Crippen LogP contribution in [0.25, 0.3) is 0 Å². The molecule has 0 saturated carbocycles. The van der Waals surface area contributed by atoms with Gasteiger partial charge in [0.1, 0.15) is 5.82 Å². The van der Waals surface area contributed by atoms with Crippen LogP contribution in [0, 0.1) is 5.92 Å². The first kappa shape index (κ1) is 13.1. The van der Waals surface area contributed by atoms with E-state index in [0.29, 0.717) is 17.8 Å². The molecule has 1 aromatic heterocycles. The number of nitrogens with zero attached hydrogens (tertiary/aromatic N) is 3. The molecule has 2 atom stereocenters. The predicted octanol–water partition coefficient (Wildman–Crippen LogP) is 3.29. The molecule has 0 aromatic carbocycles. The van der Waals surface area contributed by atoms with E-state index < -0.39 is 0 Å². The van der Waals surface area contributed by atoms with Crippen LogP contribution in [0.15, 0.2) is 0 Å². The summed E-state index contributed by atoms with van der Waals surface area (Å²) in [5.41, 5.74) is 0.0244. The van der Waals surface area contributed by atoms with Gasteiger partial charge in [-0.15, -0.1) is 11.6 Å². The number of halogens is 1. The standard InChI is InChI=1S/C12H20ClN3S/c1-8-5-6-16(9(8)7-13)11-14-10(15-17-11)12(2,3)4/h8-9H,5-7H2,1-4H3. The van der Waals surface area contributed by atoms with Crippen LogP contribution < -0.4 is 4.90 Å². The van der Waals surface area contributed by atoms with Crippen LogP contribution in [0.4, 0.5) is 5.13 Å². The summed E-state index contributed by atoms with van der Waals surface area (Å²) < 4.78 is 4.47. The van der Waals surface area contributed by atoms with E-state index in [9.17, 15) is 0 Å². The molecule has 0 bridgehead atoms. The van der Waals surface area contributed by atoms with E-state index in [1.54, 1.807) is 0 Å². The van der Waals surface area contributed by atoms with Gasteiger partial charge in [0.05, 0.1) is 0 Å². The van der Waals surface area contributed by atoms with Gasteiger partial charge in [-0.3, -0.25) is 0 Å². The molecule has 1 aromatic rings. The molecule has 0 aliphatic carbocycles. The fraction of sp³-hybridized carbons (Fsp3) is 0.833. The highest BCUT2D eigenvalue weighted by atomic mass is 35.5. The third-order valence-corrected chi connectivity index (χ3v) is 4.44. The van der Waals surface area contributed by atoms with Gasteiger partial charge in [-0.2, -0.15) is 4.37 Å². The van der Waals surface area contributed by atoms with Crippen molar-refractivity contribution in [3.05, 3.63) is 5.82 Å². The second-order valence-corrected chi connectivity index (χ2v) is 6.87. The topological polar surface area (TPSA) is 29.0 Å². The van der Waals surface area contributed by atoms with Crippen molar-refractivity contribution >= 4 is 28.3 Å². The van der Waals surface area contributed by atoms with E-state index in [4.69, 9.17) is 11.6 Å². The molecule has 96 valence electrons. The molecular formula is C12H20ClN3S. The maximum Gasteiger partial charge on any atom is 0.205 e. The average molecular weight is 274 g/mol. The van der Waals surface area contributed by atoms with Crippen molar-refractivity contribution in [3.63, 3.8) is 0 Å². The fourth-order valence-electron chi connectivity index (χ4n) is 2.12. The molecule has 0 radical (unpaired) electrons. The second kappa shape index (κ2) is 4.73. The van der Waals surface area contributed by atoms with Gasteiger partial charge >= 0.3 is 0 Å². The minimum atomic E-state index is 0.0244. The Balaban J connectivity index is 2.21. The molecular weight excluding hydrogens is 254 g/mol. The van der Waals surface area contributed by atoms with Crippen molar-refractivity contribution in [2.75, 3.05) is 17.3 Å². The van der Waals surface area contributed by atoms with Gasteiger partial charge in [0, 0.05) is 35.4 Å². The smallest absolute Gasteiger partial charge is 0.205 e. The van der Waals surface area contributed by atoms with Crippen LogP contribution in [0.2, 0.25) is 0 Å². The summed E-state index contributed by atoms with van der Waals surface area (Å²) >= 11 is 7.56. The Labute approximate surface area is 112 Å². The summed E-state index contributed by atoms with van der Waals surface area (Å²) in [6.07, 6.45) is 1.20. The SMILES string of the molecule is CC1CCN(c2nc(C(C)(C)C)ns2)C1CCl. The average Bonchev–Trinajstić information content (AvgIpc) is 2.82. The van der Waals surface area contributed by atoms with Crippen LogP contribution in [0.3, 0.4) is 0 Å². The van der Waals surface area contributed by atoms with E-state index >= 15 is 0 Å². The van der Waals surface area contributed by atoms with Crippen molar-refractivity contribution in [2.45, 2.75) is 45.6 Å². The van der Waals surface area contributed by atoms with Crippen LogP contribution in [-0.2, 0) is 5.41 Å². The van der Waals surface area contributed by atoms with Gasteiger partial charge in [0.25, 0.3) is 0 Å². The maximum atomic E-state index is 6.06. The highest BCUT2D eigenvalue weighted by Crippen LogP contribution is 2.33. The molecule has 2 heterocycles. The summed E-state index contributed by atoms with van der Waals surface area (Å²) in [6.45, 7) is 9.75. The third kappa shape index (κ3) is 2.58. The minimum absolute atomic E-state index is 0.0244. The Kier molecular flexibility index (Phi) is 3.64. The normalized spacial score (nSPS) is 25.6. The van der Waals surface area contributed by atoms with E-state index in [0.717, 1.165) is 17.5 Å². The lowest BCUT2D eigenvalue weighted by molar-refractivity contribution is 0.543.